The molecule has 108 valence electrons. The fourth-order valence-corrected chi connectivity index (χ4v) is 2.93. The highest BCUT2D eigenvalue weighted by Crippen LogP contribution is 2.35. The largest absolute Gasteiger partial charge is 0.507 e. The molecule has 0 fully saturated rings. The van der Waals surface area contributed by atoms with E-state index in [0.29, 0.717) is 0 Å². The number of hydrogen-bond donors (Lipinski definition) is 2. The first-order valence-electron chi connectivity index (χ1n) is 6.97. The minimum absolute atomic E-state index is 0.126. The van der Waals surface area contributed by atoms with Crippen LogP contribution in [-0.4, -0.2) is 10.1 Å². The number of aromatic nitrogens is 1. The summed E-state index contributed by atoms with van der Waals surface area (Å²) in [5.74, 6) is 0.261. The van der Waals surface area contributed by atoms with Crippen LogP contribution < -0.4 is 0 Å². The quantitative estimate of drug-likeness (QED) is 0.592. The number of aromatic hydroxyl groups is 1. The van der Waals surface area contributed by atoms with Gasteiger partial charge in [-0.3, -0.25) is 0 Å². The van der Waals surface area contributed by atoms with E-state index < -0.39 is 0 Å². The zero-order valence-electron chi connectivity index (χ0n) is 12.4. The van der Waals surface area contributed by atoms with Crippen LogP contribution in [-0.2, 0) is 5.41 Å². The average Bonchev–Trinajstić information content (AvgIpc) is 2.87. The number of phenols is 1. The lowest BCUT2D eigenvalue weighted by molar-refractivity contribution is 0.473. The molecule has 3 aromatic rings. The summed E-state index contributed by atoms with van der Waals surface area (Å²) in [6.45, 7) is 6.64. The molecule has 0 radical (unpaired) electrons. The van der Waals surface area contributed by atoms with Crippen LogP contribution in [0.4, 0.5) is 0 Å². The van der Waals surface area contributed by atoms with E-state index in [0.717, 1.165) is 26.6 Å². The molecule has 0 saturated heterocycles. The molecular formula is C18H18BrNO. The van der Waals surface area contributed by atoms with E-state index in [1.165, 1.54) is 5.56 Å². The average molecular weight is 344 g/mol. The molecular weight excluding hydrogens is 326 g/mol. The van der Waals surface area contributed by atoms with Crippen LogP contribution in [0.1, 0.15) is 26.3 Å². The summed E-state index contributed by atoms with van der Waals surface area (Å²) in [5.41, 5.74) is 4.66. The third-order valence-corrected chi connectivity index (χ3v) is 4.59. The van der Waals surface area contributed by atoms with Crippen molar-refractivity contribution in [1.82, 2.24) is 4.98 Å². The number of rotatable bonds is 1. The maximum Gasteiger partial charge on any atom is 0.130 e. The van der Waals surface area contributed by atoms with Crippen molar-refractivity contribution in [3.63, 3.8) is 0 Å². The molecule has 0 amide bonds. The van der Waals surface area contributed by atoms with Crippen molar-refractivity contribution in [3.05, 3.63) is 52.5 Å². The lowest BCUT2D eigenvalue weighted by atomic mass is 9.86. The van der Waals surface area contributed by atoms with Gasteiger partial charge in [-0.15, -0.1) is 0 Å². The predicted octanol–water partition coefficient (Wildman–Crippen LogP) is 5.60. The first kappa shape index (κ1) is 14.2. The molecule has 2 N–H and O–H groups in total. The highest BCUT2D eigenvalue weighted by atomic mass is 79.9. The second-order valence-corrected chi connectivity index (χ2v) is 7.17. The van der Waals surface area contributed by atoms with Gasteiger partial charge in [0.2, 0.25) is 0 Å². The smallest absolute Gasteiger partial charge is 0.130 e. The number of halogens is 1. The number of benzene rings is 2. The standard InChI is InChI=1S/C18H18BrNO/c1-18(2,3)12-6-4-5-11(9-12)15-10-13-14(20-15)7-8-16(21)17(13)19/h4-10,20-21H,1-3H3. The minimum atomic E-state index is 0.126. The van der Waals surface area contributed by atoms with Gasteiger partial charge in [0, 0.05) is 16.6 Å². The summed E-state index contributed by atoms with van der Waals surface area (Å²) in [6, 6.07) is 14.2. The van der Waals surface area contributed by atoms with Crippen LogP contribution in [0.2, 0.25) is 0 Å². The molecule has 3 rings (SSSR count). The Morgan fingerprint density at radius 1 is 1.05 bits per heavy atom. The molecule has 2 nitrogen and oxygen atoms in total. The summed E-state index contributed by atoms with van der Waals surface area (Å²) >= 11 is 3.44. The van der Waals surface area contributed by atoms with Crippen molar-refractivity contribution < 1.29 is 5.11 Å². The molecule has 0 atom stereocenters. The molecule has 0 aliphatic carbocycles. The zero-order valence-corrected chi connectivity index (χ0v) is 14.0. The topological polar surface area (TPSA) is 36.0 Å². The molecule has 0 aliphatic rings. The third-order valence-electron chi connectivity index (χ3n) is 3.76. The Hall–Kier alpha value is -1.74. The molecule has 1 aromatic heterocycles. The molecule has 0 saturated carbocycles. The summed E-state index contributed by atoms with van der Waals surface area (Å²) < 4.78 is 0.731. The zero-order chi connectivity index (χ0) is 15.2. The number of phenolic OH excluding ortho intramolecular Hbond substituents is 1. The second-order valence-electron chi connectivity index (χ2n) is 6.37. The SMILES string of the molecule is CC(C)(C)c1cccc(-c2cc3c(Br)c(O)ccc3[nH]2)c1. The van der Waals surface area contributed by atoms with Gasteiger partial charge in [0.1, 0.15) is 5.75 Å². The fraction of sp³-hybridized carbons (Fsp3) is 0.222. The Kier molecular flexibility index (Phi) is 3.33. The predicted molar refractivity (Wildman–Crippen MR) is 91.8 cm³/mol. The van der Waals surface area contributed by atoms with E-state index in [1.54, 1.807) is 6.07 Å². The Bertz CT molecular complexity index is 812. The maximum atomic E-state index is 9.79. The van der Waals surface area contributed by atoms with Gasteiger partial charge in [0.25, 0.3) is 0 Å². The van der Waals surface area contributed by atoms with E-state index in [1.807, 2.05) is 6.07 Å². The normalized spacial score (nSPS) is 12.0. The fourth-order valence-electron chi connectivity index (χ4n) is 2.47. The molecule has 0 unspecified atom stereocenters. The Morgan fingerprint density at radius 3 is 2.52 bits per heavy atom. The Morgan fingerprint density at radius 2 is 1.81 bits per heavy atom. The van der Waals surface area contributed by atoms with Crippen LogP contribution >= 0.6 is 15.9 Å². The van der Waals surface area contributed by atoms with Gasteiger partial charge < -0.3 is 10.1 Å². The number of H-pyrrole nitrogens is 1. The lowest BCUT2D eigenvalue weighted by Gasteiger charge is -2.19. The van der Waals surface area contributed by atoms with E-state index >= 15 is 0 Å². The van der Waals surface area contributed by atoms with Crippen molar-refractivity contribution in [2.75, 3.05) is 0 Å². The van der Waals surface area contributed by atoms with Crippen LogP contribution in [0, 0.1) is 0 Å². The summed E-state index contributed by atoms with van der Waals surface area (Å²) in [6.07, 6.45) is 0. The van der Waals surface area contributed by atoms with Crippen LogP contribution in [0.15, 0.2) is 46.9 Å². The van der Waals surface area contributed by atoms with E-state index in [2.05, 4.69) is 72.0 Å². The summed E-state index contributed by atoms with van der Waals surface area (Å²) in [5, 5.41) is 10.8. The number of hydrogen-bond acceptors (Lipinski definition) is 1. The number of fused-ring (bicyclic) bond motifs is 1. The van der Waals surface area contributed by atoms with Crippen LogP contribution in [0.5, 0.6) is 5.75 Å². The molecule has 3 heteroatoms. The molecule has 0 bridgehead atoms. The first-order chi connectivity index (χ1) is 9.86. The van der Waals surface area contributed by atoms with Gasteiger partial charge in [0.05, 0.1) is 4.47 Å². The van der Waals surface area contributed by atoms with Gasteiger partial charge in [-0.25, -0.2) is 0 Å². The Labute approximate surface area is 133 Å². The van der Waals surface area contributed by atoms with Crippen molar-refractivity contribution in [2.45, 2.75) is 26.2 Å². The van der Waals surface area contributed by atoms with Crippen molar-refractivity contribution in [1.29, 1.82) is 0 Å². The maximum absolute atomic E-state index is 9.79. The Balaban J connectivity index is 2.15. The highest BCUT2D eigenvalue weighted by Gasteiger charge is 2.15. The highest BCUT2D eigenvalue weighted by molar-refractivity contribution is 9.10. The first-order valence-corrected chi connectivity index (χ1v) is 7.76. The summed E-state index contributed by atoms with van der Waals surface area (Å²) in [7, 11) is 0. The van der Waals surface area contributed by atoms with Gasteiger partial charge in [-0.1, -0.05) is 39.0 Å². The number of nitrogens with one attached hydrogen (secondary N) is 1. The molecule has 21 heavy (non-hydrogen) atoms. The second kappa shape index (κ2) is 4.92. The summed E-state index contributed by atoms with van der Waals surface area (Å²) in [4.78, 5) is 3.42. The van der Waals surface area contributed by atoms with E-state index in [4.69, 9.17) is 0 Å². The van der Waals surface area contributed by atoms with Crippen molar-refractivity contribution in [3.8, 4) is 17.0 Å². The third kappa shape index (κ3) is 2.58. The van der Waals surface area contributed by atoms with Gasteiger partial charge in [-0.05, 0) is 56.7 Å². The van der Waals surface area contributed by atoms with Crippen LogP contribution in [0.3, 0.4) is 0 Å². The lowest BCUT2D eigenvalue weighted by Crippen LogP contribution is -2.10. The van der Waals surface area contributed by atoms with Gasteiger partial charge >= 0.3 is 0 Å². The molecule has 0 spiro atoms. The van der Waals surface area contributed by atoms with Crippen molar-refractivity contribution >= 4 is 26.8 Å². The monoisotopic (exact) mass is 343 g/mol. The van der Waals surface area contributed by atoms with Crippen LogP contribution in [0.25, 0.3) is 22.2 Å². The van der Waals surface area contributed by atoms with E-state index in [-0.39, 0.29) is 11.2 Å². The molecule has 2 aromatic carbocycles. The van der Waals surface area contributed by atoms with Crippen molar-refractivity contribution in [2.24, 2.45) is 0 Å². The molecule has 1 heterocycles. The molecule has 0 aliphatic heterocycles. The van der Waals surface area contributed by atoms with E-state index in [9.17, 15) is 5.11 Å². The van der Waals surface area contributed by atoms with Gasteiger partial charge in [0.15, 0.2) is 0 Å². The van der Waals surface area contributed by atoms with Gasteiger partial charge in [-0.2, -0.15) is 0 Å². The minimum Gasteiger partial charge on any atom is -0.507 e. The number of aromatic amines is 1.